The molecule has 0 aliphatic carbocycles. The van der Waals surface area contributed by atoms with Gasteiger partial charge in [0.25, 0.3) is 8.32 Å². The highest BCUT2D eigenvalue weighted by Gasteiger charge is 2.49. The standard InChI is InChI=1S/C26H32OSi2/c1-26(2,3)29(24-18-12-10-13-19-24,25-20-14-11-15-21-25)27-22-16-8-7-9-17-23-28(4,5)6/h8,10-16,18-21H,22H2,1-6H3/b16-8+. The molecule has 29 heavy (non-hydrogen) atoms. The van der Waals surface area contributed by atoms with Crippen molar-refractivity contribution >= 4 is 26.8 Å². The largest absolute Gasteiger partial charge is 0.404 e. The Morgan fingerprint density at radius 2 is 1.34 bits per heavy atom. The van der Waals surface area contributed by atoms with E-state index >= 15 is 0 Å². The summed E-state index contributed by atoms with van der Waals surface area (Å²) in [4.78, 5) is 0. The molecule has 2 rings (SSSR count). The molecule has 0 N–H and O–H groups in total. The van der Waals surface area contributed by atoms with Crippen LogP contribution in [0.1, 0.15) is 20.8 Å². The molecule has 0 unspecified atom stereocenters. The Morgan fingerprint density at radius 1 is 0.828 bits per heavy atom. The van der Waals surface area contributed by atoms with Gasteiger partial charge in [-0.05, 0) is 33.3 Å². The average Bonchev–Trinajstić information content (AvgIpc) is 2.66. The lowest BCUT2D eigenvalue weighted by Crippen LogP contribution is -2.66. The van der Waals surface area contributed by atoms with Gasteiger partial charge in [0.05, 0.1) is 6.61 Å². The zero-order chi connectivity index (χ0) is 21.4. The SMILES string of the molecule is CC(C)(C)[Si](OC/C=C/C#CC#C[Si](C)(C)C)(c1ccccc1)c1ccccc1. The highest BCUT2D eigenvalue weighted by molar-refractivity contribution is 6.99. The maximum Gasteiger partial charge on any atom is 0.261 e. The summed E-state index contributed by atoms with van der Waals surface area (Å²) in [5.41, 5.74) is 3.26. The molecule has 2 aromatic rings. The Hall–Kier alpha value is -2.31. The van der Waals surface area contributed by atoms with Crippen molar-refractivity contribution in [1.82, 2.24) is 0 Å². The Balaban J connectivity index is 2.31. The van der Waals surface area contributed by atoms with Gasteiger partial charge in [-0.15, -0.1) is 5.54 Å². The smallest absolute Gasteiger partial charge is 0.261 e. The van der Waals surface area contributed by atoms with Gasteiger partial charge in [0.2, 0.25) is 0 Å². The Morgan fingerprint density at radius 3 is 1.79 bits per heavy atom. The van der Waals surface area contributed by atoms with Gasteiger partial charge in [0.1, 0.15) is 8.07 Å². The number of benzene rings is 2. The first-order valence-electron chi connectivity index (χ1n) is 10.1. The molecule has 0 atom stereocenters. The average molecular weight is 417 g/mol. The molecule has 0 heterocycles. The third-order valence-corrected chi connectivity index (χ3v) is 10.5. The van der Waals surface area contributed by atoms with E-state index in [9.17, 15) is 0 Å². The normalized spacial score (nSPS) is 12.1. The van der Waals surface area contributed by atoms with E-state index in [0.717, 1.165) is 0 Å². The van der Waals surface area contributed by atoms with Crippen molar-refractivity contribution in [3.63, 3.8) is 0 Å². The van der Waals surface area contributed by atoms with E-state index in [2.05, 4.69) is 124 Å². The van der Waals surface area contributed by atoms with Gasteiger partial charge in [0, 0.05) is 0 Å². The van der Waals surface area contributed by atoms with Gasteiger partial charge < -0.3 is 4.43 Å². The van der Waals surface area contributed by atoms with Crippen molar-refractivity contribution < 1.29 is 4.43 Å². The fourth-order valence-corrected chi connectivity index (χ4v) is 8.28. The Labute approximate surface area is 179 Å². The second-order valence-electron chi connectivity index (χ2n) is 9.15. The third-order valence-electron chi connectivity index (χ3n) is 4.59. The molecular formula is C26H32OSi2. The number of allylic oxidation sites excluding steroid dienone is 1. The van der Waals surface area contributed by atoms with Crippen LogP contribution < -0.4 is 10.4 Å². The minimum atomic E-state index is -2.47. The molecule has 0 spiro atoms. The number of rotatable bonds is 5. The molecule has 1 nitrogen and oxygen atoms in total. The number of hydrogen-bond acceptors (Lipinski definition) is 1. The van der Waals surface area contributed by atoms with Gasteiger partial charge in [-0.1, -0.05) is 113 Å². The van der Waals surface area contributed by atoms with E-state index in [1.54, 1.807) is 0 Å². The van der Waals surface area contributed by atoms with E-state index in [-0.39, 0.29) is 5.04 Å². The third kappa shape index (κ3) is 6.34. The van der Waals surface area contributed by atoms with E-state index in [1.165, 1.54) is 10.4 Å². The lowest BCUT2D eigenvalue weighted by molar-refractivity contribution is 0.339. The quantitative estimate of drug-likeness (QED) is 0.492. The van der Waals surface area contributed by atoms with Crippen LogP contribution in [-0.4, -0.2) is 23.0 Å². The number of hydrogen-bond donors (Lipinski definition) is 0. The topological polar surface area (TPSA) is 9.23 Å². The molecule has 0 radical (unpaired) electrons. The van der Waals surface area contributed by atoms with Crippen molar-refractivity contribution in [3.8, 4) is 23.3 Å². The molecule has 0 aliphatic heterocycles. The molecule has 150 valence electrons. The van der Waals surface area contributed by atoms with Crippen LogP contribution in [0.4, 0.5) is 0 Å². The minimum absolute atomic E-state index is 0.0158. The van der Waals surface area contributed by atoms with Crippen LogP contribution in [0.2, 0.25) is 24.7 Å². The summed E-state index contributed by atoms with van der Waals surface area (Å²) in [7, 11) is -3.83. The van der Waals surface area contributed by atoms with Crippen LogP contribution in [0.5, 0.6) is 0 Å². The second kappa shape index (κ2) is 9.94. The fourth-order valence-electron chi connectivity index (χ4n) is 3.34. The molecular weight excluding hydrogens is 384 g/mol. The predicted octanol–water partition coefficient (Wildman–Crippen LogP) is 5.00. The Bertz CT molecular complexity index is 886. The highest BCUT2D eigenvalue weighted by atomic mass is 28.4. The van der Waals surface area contributed by atoms with Crippen molar-refractivity contribution in [2.75, 3.05) is 6.61 Å². The molecule has 0 bridgehead atoms. The summed E-state index contributed by atoms with van der Waals surface area (Å²) in [6.07, 6.45) is 3.86. The lowest BCUT2D eigenvalue weighted by Gasteiger charge is -2.42. The van der Waals surface area contributed by atoms with E-state index in [4.69, 9.17) is 4.43 Å². The van der Waals surface area contributed by atoms with Gasteiger partial charge in [-0.3, -0.25) is 0 Å². The maximum absolute atomic E-state index is 6.78. The zero-order valence-corrected chi connectivity index (χ0v) is 20.5. The summed E-state index contributed by atoms with van der Waals surface area (Å²) >= 11 is 0. The molecule has 3 heteroatoms. The first kappa shape index (κ1) is 23.0. The minimum Gasteiger partial charge on any atom is -0.404 e. The fraction of sp³-hybridized carbons (Fsp3) is 0.308. The summed E-state index contributed by atoms with van der Waals surface area (Å²) in [6.45, 7) is 14.0. The molecule has 0 aromatic heterocycles. The van der Waals surface area contributed by atoms with Crippen LogP contribution >= 0.6 is 0 Å². The second-order valence-corrected chi connectivity index (χ2v) is 18.2. The summed E-state index contributed by atoms with van der Waals surface area (Å²) in [5.74, 6) is 8.92. The van der Waals surface area contributed by atoms with Crippen LogP contribution in [0.25, 0.3) is 0 Å². The van der Waals surface area contributed by atoms with Crippen LogP contribution in [-0.2, 0) is 4.43 Å². The molecule has 0 fully saturated rings. The predicted molar refractivity (Wildman–Crippen MR) is 132 cm³/mol. The summed E-state index contributed by atoms with van der Waals surface area (Å²) < 4.78 is 6.78. The van der Waals surface area contributed by atoms with E-state index in [0.29, 0.717) is 6.61 Å². The lowest BCUT2D eigenvalue weighted by atomic mass is 10.2. The summed E-state index contributed by atoms with van der Waals surface area (Å²) in [5, 5.41) is 2.57. The zero-order valence-electron chi connectivity index (χ0n) is 18.5. The van der Waals surface area contributed by atoms with Gasteiger partial charge in [-0.25, -0.2) is 0 Å². The molecule has 0 aliphatic rings. The van der Waals surface area contributed by atoms with Crippen LogP contribution in [0, 0.1) is 23.3 Å². The van der Waals surface area contributed by atoms with Crippen LogP contribution in [0.3, 0.4) is 0 Å². The van der Waals surface area contributed by atoms with E-state index in [1.807, 2.05) is 12.2 Å². The molecule has 0 saturated carbocycles. The maximum atomic E-state index is 6.78. The molecule has 0 saturated heterocycles. The Kier molecular flexibility index (Phi) is 7.88. The van der Waals surface area contributed by atoms with Crippen molar-refractivity contribution in [2.45, 2.75) is 45.5 Å². The van der Waals surface area contributed by atoms with Crippen molar-refractivity contribution in [1.29, 1.82) is 0 Å². The first-order valence-corrected chi connectivity index (χ1v) is 15.5. The van der Waals surface area contributed by atoms with Crippen molar-refractivity contribution in [2.24, 2.45) is 0 Å². The van der Waals surface area contributed by atoms with Gasteiger partial charge in [-0.2, -0.15) is 0 Å². The van der Waals surface area contributed by atoms with E-state index < -0.39 is 16.4 Å². The first-order chi connectivity index (χ1) is 13.7. The molecule has 0 amide bonds. The van der Waals surface area contributed by atoms with Gasteiger partial charge >= 0.3 is 0 Å². The van der Waals surface area contributed by atoms with Crippen molar-refractivity contribution in [3.05, 3.63) is 72.8 Å². The summed E-state index contributed by atoms with van der Waals surface area (Å²) in [6, 6.07) is 21.4. The van der Waals surface area contributed by atoms with Gasteiger partial charge in [0.15, 0.2) is 0 Å². The van der Waals surface area contributed by atoms with Crippen LogP contribution in [0.15, 0.2) is 72.8 Å². The highest BCUT2D eigenvalue weighted by Crippen LogP contribution is 2.36. The molecule has 2 aromatic carbocycles. The monoisotopic (exact) mass is 416 g/mol.